The topological polar surface area (TPSA) is 50.5 Å². The predicted molar refractivity (Wildman–Crippen MR) is 120 cm³/mol. The van der Waals surface area contributed by atoms with Crippen molar-refractivity contribution in [3.05, 3.63) is 70.9 Å². The van der Waals surface area contributed by atoms with Crippen LogP contribution in [-0.2, 0) is 11.3 Å². The van der Waals surface area contributed by atoms with E-state index in [4.69, 9.17) is 9.97 Å². The Kier molecular flexibility index (Phi) is 4.69. The molecule has 0 fully saturated rings. The molecule has 0 unspecified atom stereocenters. The first-order valence-corrected chi connectivity index (χ1v) is 11.1. The van der Waals surface area contributed by atoms with E-state index in [0.29, 0.717) is 12.3 Å². The summed E-state index contributed by atoms with van der Waals surface area (Å²) in [5.74, 6) is 0.408. The summed E-state index contributed by atoms with van der Waals surface area (Å²) < 4.78 is 2.06. The maximum atomic E-state index is 12.7. The van der Waals surface area contributed by atoms with Gasteiger partial charge in [-0.3, -0.25) is 9.20 Å². The van der Waals surface area contributed by atoms with E-state index in [2.05, 4.69) is 4.40 Å². The lowest BCUT2D eigenvalue weighted by atomic mass is 10.2. The molecule has 0 spiro atoms. The number of hydrogen-bond acceptors (Lipinski definition) is 5. The summed E-state index contributed by atoms with van der Waals surface area (Å²) in [4.78, 5) is 25.3. The van der Waals surface area contributed by atoms with Crippen LogP contribution in [0.4, 0.5) is 0 Å². The summed E-state index contributed by atoms with van der Waals surface area (Å²) in [6.07, 6.45) is 0. The summed E-state index contributed by atoms with van der Waals surface area (Å²) in [5.41, 5.74) is 3.69. The van der Waals surface area contributed by atoms with Crippen molar-refractivity contribution in [3.63, 3.8) is 0 Å². The van der Waals surface area contributed by atoms with Crippen LogP contribution in [0.15, 0.2) is 71.2 Å². The minimum absolute atomic E-state index is 0.0796. The van der Waals surface area contributed by atoms with Gasteiger partial charge in [-0.05, 0) is 35.7 Å². The smallest absolute Gasteiger partial charge is 0.233 e. The molecule has 0 bridgehead atoms. The summed E-state index contributed by atoms with van der Waals surface area (Å²) in [6, 6.07) is 20.1. The molecular weight excluding hydrogens is 400 g/mol. The van der Waals surface area contributed by atoms with E-state index in [1.165, 1.54) is 16.6 Å². The Morgan fingerprint density at radius 2 is 1.83 bits per heavy atom. The van der Waals surface area contributed by atoms with Crippen LogP contribution in [0.5, 0.6) is 0 Å². The monoisotopic (exact) mass is 418 g/mol. The fourth-order valence-corrected chi connectivity index (χ4v) is 5.08. The number of carbonyl (C=O) groups excluding carboxylic acids is 1. The molecule has 5 aromatic rings. The second kappa shape index (κ2) is 7.50. The number of aromatic nitrogens is 3. The van der Waals surface area contributed by atoms with Crippen molar-refractivity contribution in [3.8, 4) is 0 Å². The average molecular weight is 419 g/mol. The molecule has 3 aromatic heterocycles. The minimum atomic E-state index is 0.0796. The van der Waals surface area contributed by atoms with Crippen molar-refractivity contribution in [1.82, 2.24) is 19.3 Å². The molecule has 0 radical (unpaired) electrons. The van der Waals surface area contributed by atoms with Crippen LogP contribution < -0.4 is 0 Å². The molecule has 7 heteroatoms. The summed E-state index contributed by atoms with van der Waals surface area (Å²) >= 11 is 3.12. The Morgan fingerprint density at radius 1 is 1.03 bits per heavy atom. The Bertz CT molecular complexity index is 1330. The first-order chi connectivity index (χ1) is 14.2. The molecule has 0 saturated carbocycles. The van der Waals surface area contributed by atoms with Crippen molar-refractivity contribution >= 4 is 56.6 Å². The quantitative estimate of drug-likeness (QED) is 0.302. The molecule has 29 heavy (non-hydrogen) atoms. The number of hydrogen-bond donors (Lipinski definition) is 0. The summed E-state index contributed by atoms with van der Waals surface area (Å²) in [5, 5.41) is 3.82. The van der Waals surface area contributed by atoms with Gasteiger partial charge in [0.05, 0.1) is 28.8 Å². The number of imidazole rings is 1. The molecule has 0 N–H and O–H groups in total. The van der Waals surface area contributed by atoms with Crippen LogP contribution in [0.2, 0.25) is 0 Å². The van der Waals surface area contributed by atoms with E-state index in [1.807, 2.05) is 73.1 Å². The molecule has 0 aliphatic rings. The number of benzene rings is 2. The predicted octanol–water partition coefficient (Wildman–Crippen LogP) is 4.85. The number of amides is 1. The number of thioether (sulfide) groups is 1. The zero-order valence-electron chi connectivity index (χ0n) is 15.8. The maximum absolute atomic E-state index is 12.7. The van der Waals surface area contributed by atoms with Gasteiger partial charge < -0.3 is 4.90 Å². The average Bonchev–Trinajstić information content (AvgIpc) is 3.39. The Balaban J connectivity index is 1.51. The van der Waals surface area contributed by atoms with Crippen molar-refractivity contribution in [2.75, 3.05) is 12.8 Å². The molecular formula is C22H18N4OS2. The van der Waals surface area contributed by atoms with Crippen LogP contribution >= 0.6 is 23.1 Å². The van der Waals surface area contributed by atoms with Gasteiger partial charge in [0.25, 0.3) is 0 Å². The van der Waals surface area contributed by atoms with Gasteiger partial charge in [-0.25, -0.2) is 9.97 Å². The van der Waals surface area contributed by atoms with Crippen LogP contribution in [-0.4, -0.2) is 38.0 Å². The normalized spacial score (nSPS) is 11.5. The highest BCUT2D eigenvalue weighted by Gasteiger charge is 2.16. The molecule has 2 aromatic carbocycles. The third-order valence-electron chi connectivity index (χ3n) is 4.84. The first-order valence-electron chi connectivity index (χ1n) is 9.26. The molecule has 5 rings (SSSR count). The molecule has 0 saturated heterocycles. The fraction of sp³-hybridized carbons (Fsp3) is 0.136. The van der Waals surface area contributed by atoms with Gasteiger partial charge in [0, 0.05) is 17.3 Å². The van der Waals surface area contributed by atoms with Gasteiger partial charge >= 0.3 is 0 Å². The Hall–Kier alpha value is -2.90. The molecule has 0 aliphatic heterocycles. The zero-order chi connectivity index (χ0) is 19.8. The molecule has 5 nitrogen and oxygen atoms in total. The van der Waals surface area contributed by atoms with Gasteiger partial charge in [-0.15, -0.1) is 11.3 Å². The van der Waals surface area contributed by atoms with Gasteiger partial charge in [0.15, 0.2) is 5.16 Å². The molecule has 0 atom stereocenters. The molecule has 144 valence electrons. The molecule has 0 aliphatic carbocycles. The zero-order valence-corrected chi connectivity index (χ0v) is 17.4. The lowest BCUT2D eigenvalue weighted by molar-refractivity contribution is -0.127. The summed E-state index contributed by atoms with van der Waals surface area (Å²) in [6.45, 7) is 0.631. The highest BCUT2D eigenvalue weighted by atomic mass is 32.2. The van der Waals surface area contributed by atoms with Crippen molar-refractivity contribution in [1.29, 1.82) is 0 Å². The van der Waals surface area contributed by atoms with Crippen molar-refractivity contribution < 1.29 is 4.79 Å². The van der Waals surface area contributed by atoms with E-state index in [9.17, 15) is 4.79 Å². The number of para-hydroxylation sites is 3. The van der Waals surface area contributed by atoms with Gasteiger partial charge in [-0.2, -0.15) is 0 Å². The Labute approximate surface area is 176 Å². The van der Waals surface area contributed by atoms with Crippen LogP contribution in [0, 0.1) is 0 Å². The second-order valence-electron chi connectivity index (χ2n) is 6.79. The summed E-state index contributed by atoms with van der Waals surface area (Å²) in [7, 11) is 1.85. The third-order valence-corrected chi connectivity index (χ3v) is 6.62. The van der Waals surface area contributed by atoms with E-state index >= 15 is 0 Å². The van der Waals surface area contributed by atoms with Gasteiger partial charge in [0.2, 0.25) is 5.91 Å². The number of rotatable bonds is 5. The molecule has 3 heterocycles. The standard InChI is InChI=1S/C22H18N4OS2/c1-25(13-15-7-6-12-28-15)20(27)14-29-22-24-17-9-3-2-8-16(17)21-23-18-10-4-5-11-19(18)26(21)22/h2-12H,13-14H2,1H3. The minimum Gasteiger partial charge on any atom is -0.340 e. The van der Waals surface area contributed by atoms with E-state index in [1.54, 1.807) is 16.2 Å². The third kappa shape index (κ3) is 3.36. The maximum Gasteiger partial charge on any atom is 0.233 e. The number of nitrogens with zero attached hydrogens (tertiary/aromatic N) is 4. The largest absolute Gasteiger partial charge is 0.340 e. The highest BCUT2D eigenvalue weighted by Crippen LogP contribution is 2.29. The van der Waals surface area contributed by atoms with Crippen LogP contribution in [0.1, 0.15) is 4.88 Å². The van der Waals surface area contributed by atoms with Crippen LogP contribution in [0.25, 0.3) is 27.6 Å². The van der Waals surface area contributed by atoms with Crippen molar-refractivity contribution in [2.24, 2.45) is 0 Å². The van der Waals surface area contributed by atoms with E-state index in [-0.39, 0.29) is 5.91 Å². The lowest BCUT2D eigenvalue weighted by Gasteiger charge is -2.16. The van der Waals surface area contributed by atoms with Crippen molar-refractivity contribution in [2.45, 2.75) is 11.7 Å². The van der Waals surface area contributed by atoms with Gasteiger partial charge in [0.1, 0.15) is 5.65 Å². The second-order valence-corrected chi connectivity index (χ2v) is 8.76. The number of thiophene rings is 1. The lowest BCUT2D eigenvalue weighted by Crippen LogP contribution is -2.27. The SMILES string of the molecule is CN(Cc1cccs1)C(=O)CSc1nc2ccccc2c2nc3ccccc3n12. The number of fused-ring (bicyclic) bond motifs is 5. The number of carbonyl (C=O) groups is 1. The van der Waals surface area contributed by atoms with Crippen LogP contribution in [0.3, 0.4) is 0 Å². The first kappa shape index (κ1) is 18.1. The molecule has 1 amide bonds. The highest BCUT2D eigenvalue weighted by molar-refractivity contribution is 7.99. The van der Waals surface area contributed by atoms with E-state index in [0.717, 1.165) is 32.7 Å². The Morgan fingerprint density at radius 3 is 2.66 bits per heavy atom. The van der Waals surface area contributed by atoms with E-state index < -0.39 is 0 Å². The van der Waals surface area contributed by atoms with Gasteiger partial charge in [-0.1, -0.05) is 42.1 Å². The fourth-order valence-electron chi connectivity index (χ4n) is 3.37.